The Bertz CT molecular complexity index is 1010. The van der Waals surface area contributed by atoms with E-state index in [2.05, 4.69) is 51.5 Å². The third kappa shape index (κ3) is 5.91. The second-order valence-corrected chi connectivity index (χ2v) is 8.64. The molecule has 0 amide bonds. The molecule has 0 aliphatic rings. The minimum atomic E-state index is -0.455. The second-order valence-electron chi connectivity index (χ2n) is 7.73. The van der Waals surface area contributed by atoms with Gasteiger partial charge in [-0.2, -0.15) is 0 Å². The summed E-state index contributed by atoms with van der Waals surface area (Å²) < 4.78 is 3.03. The molecule has 0 saturated carbocycles. The first-order chi connectivity index (χ1) is 14.5. The molecule has 4 nitrogen and oxygen atoms in total. The van der Waals surface area contributed by atoms with Gasteiger partial charge in [0.2, 0.25) is 0 Å². The number of aromatic nitrogens is 1. The van der Waals surface area contributed by atoms with Gasteiger partial charge in [0.05, 0.1) is 6.10 Å². The highest BCUT2D eigenvalue weighted by molar-refractivity contribution is 9.10. The maximum Gasteiger partial charge on any atom is 0.185 e. The number of benzene rings is 2. The van der Waals surface area contributed by atoms with Crippen molar-refractivity contribution >= 4 is 38.7 Å². The van der Waals surface area contributed by atoms with Crippen LogP contribution in [0.2, 0.25) is 0 Å². The maximum absolute atomic E-state index is 12.5. The average molecular weight is 469 g/mol. The zero-order valence-electron chi connectivity index (χ0n) is 17.6. The van der Waals surface area contributed by atoms with Gasteiger partial charge in [0.1, 0.15) is 0 Å². The lowest BCUT2D eigenvalue weighted by Gasteiger charge is -2.21. The van der Waals surface area contributed by atoms with E-state index in [-0.39, 0.29) is 5.78 Å². The minimum Gasteiger partial charge on any atom is -0.390 e. The molecule has 1 N–H and O–H groups in total. The SMILES string of the molecule is CCCCN(C)C[C@H](O)Cn1cc(/C=C\C(=O)c2ccc(Br)cc2)c2ccccc21. The molecule has 3 aromatic rings. The van der Waals surface area contributed by atoms with Crippen LogP contribution in [-0.2, 0) is 6.54 Å². The highest BCUT2D eigenvalue weighted by Crippen LogP contribution is 2.23. The van der Waals surface area contributed by atoms with E-state index < -0.39 is 6.10 Å². The largest absolute Gasteiger partial charge is 0.390 e. The van der Waals surface area contributed by atoms with Crippen molar-refractivity contribution in [3.8, 4) is 0 Å². The number of aliphatic hydroxyl groups excluding tert-OH is 1. The predicted octanol–water partition coefficient (Wildman–Crippen LogP) is 5.39. The van der Waals surface area contributed by atoms with Crippen LogP contribution < -0.4 is 0 Å². The van der Waals surface area contributed by atoms with Gasteiger partial charge in [0.15, 0.2) is 5.78 Å². The number of para-hydroxylation sites is 1. The molecule has 0 aliphatic carbocycles. The molecule has 0 bridgehead atoms. The van der Waals surface area contributed by atoms with Crippen LogP contribution in [0, 0.1) is 0 Å². The number of likely N-dealkylation sites (N-methyl/N-ethyl adjacent to an activating group) is 1. The smallest absolute Gasteiger partial charge is 0.185 e. The first-order valence-electron chi connectivity index (χ1n) is 10.4. The molecular formula is C25H29BrN2O2. The third-order valence-corrected chi connectivity index (χ3v) is 5.71. The predicted molar refractivity (Wildman–Crippen MR) is 128 cm³/mol. The van der Waals surface area contributed by atoms with E-state index in [0.29, 0.717) is 18.7 Å². The number of carbonyl (C=O) groups is 1. The summed E-state index contributed by atoms with van der Waals surface area (Å²) in [7, 11) is 2.05. The van der Waals surface area contributed by atoms with Gasteiger partial charge in [0.25, 0.3) is 0 Å². The number of nitrogens with zero attached hydrogens (tertiary/aromatic N) is 2. The van der Waals surface area contributed by atoms with E-state index in [1.165, 1.54) is 0 Å². The van der Waals surface area contributed by atoms with Crippen LogP contribution in [0.1, 0.15) is 35.7 Å². The molecule has 2 aromatic carbocycles. The molecule has 0 radical (unpaired) electrons. The Kier molecular flexibility index (Phi) is 8.02. The molecule has 0 aliphatic heterocycles. The Hall–Kier alpha value is -2.21. The van der Waals surface area contributed by atoms with Gasteiger partial charge in [-0.1, -0.05) is 47.5 Å². The fourth-order valence-corrected chi connectivity index (χ4v) is 3.86. The Morgan fingerprint density at radius 1 is 1.20 bits per heavy atom. The highest BCUT2D eigenvalue weighted by Gasteiger charge is 2.13. The van der Waals surface area contributed by atoms with E-state index in [1.54, 1.807) is 6.08 Å². The third-order valence-electron chi connectivity index (χ3n) is 5.19. The zero-order chi connectivity index (χ0) is 21.5. The number of carbonyl (C=O) groups excluding carboxylic acids is 1. The van der Waals surface area contributed by atoms with Gasteiger partial charge in [-0.15, -0.1) is 0 Å². The summed E-state index contributed by atoms with van der Waals surface area (Å²) in [5.74, 6) is -0.0306. The van der Waals surface area contributed by atoms with Crippen LogP contribution in [0.25, 0.3) is 17.0 Å². The number of halogens is 1. The number of aliphatic hydroxyl groups is 1. The van der Waals surface area contributed by atoms with Crippen molar-refractivity contribution in [3.63, 3.8) is 0 Å². The van der Waals surface area contributed by atoms with Gasteiger partial charge in [0, 0.05) is 45.8 Å². The van der Waals surface area contributed by atoms with E-state index >= 15 is 0 Å². The molecule has 3 rings (SSSR count). The average Bonchev–Trinajstić information content (AvgIpc) is 3.08. The number of rotatable bonds is 10. The molecular weight excluding hydrogens is 440 g/mol. The van der Waals surface area contributed by atoms with E-state index in [1.807, 2.05) is 48.7 Å². The van der Waals surface area contributed by atoms with Gasteiger partial charge in [-0.3, -0.25) is 4.79 Å². The molecule has 5 heteroatoms. The number of fused-ring (bicyclic) bond motifs is 1. The quantitative estimate of drug-likeness (QED) is 0.320. The molecule has 158 valence electrons. The Morgan fingerprint density at radius 2 is 1.93 bits per heavy atom. The monoisotopic (exact) mass is 468 g/mol. The van der Waals surface area contributed by atoms with E-state index in [4.69, 9.17) is 0 Å². The molecule has 0 unspecified atom stereocenters. The van der Waals surface area contributed by atoms with Crippen molar-refractivity contribution in [1.29, 1.82) is 0 Å². The number of ketones is 1. The molecule has 1 heterocycles. The van der Waals surface area contributed by atoms with Crippen LogP contribution in [0.15, 0.2) is 65.3 Å². The lowest BCUT2D eigenvalue weighted by molar-refractivity contribution is 0.104. The van der Waals surface area contributed by atoms with Crippen molar-refractivity contribution in [2.24, 2.45) is 0 Å². The van der Waals surface area contributed by atoms with Gasteiger partial charge < -0.3 is 14.6 Å². The summed E-state index contributed by atoms with van der Waals surface area (Å²) in [6.07, 6.45) is 7.33. The molecule has 1 atom stereocenters. The summed E-state index contributed by atoms with van der Waals surface area (Å²) in [5, 5.41) is 11.7. The fraction of sp³-hybridized carbons (Fsp3) is 0.320. The van der Waals surface area contributed by atoms with Crippen LogP contribution in [0.5, 0.6) is 0 Å². The lowest BCUT2D eigenvalue weighted by Crippen LogP contribution is -2.32. The first kappa shape index (κ1) is 22.5. The van der Waals surface area contributed by atoms with Crippen molar-refractivity contribution in [2.75, 3.05) is 20.1 Å². The summed E-state index contributed by atoms with van der Waals surface area (Å²) in [6, 6.07) is 15.5. The minimum absolute atomic E-state index is 0.0306. The molecule has 1 aromatic heterocycles. The highest BCUT2D eigenvalue weighted by atomic mass is 79.9. The summed E-state index contributed by atoms with van der Waals surface area (Å²) >= 11 is 3.39. The van der Waals surface area contributed by atoms with E-state index in [9.17, 15) is 9.90 Å². The van der Waals surface area contributed by atoms with Gasteiger partial charge >= 0.3 is 0 Å². The lowest BCUT2D eigenvalue weighted by atomic mass is 10.1. The topological polar surface area (TPSA) is 45.5 Å². The second kappa shape index (κ2) is 10.7. The summed E-state index contributed by atoms with van der Waals surface area (Å²) in [5.41, 5.74) is 2.69. The summed E-state index contributed by atoms with van der Waals surface area (Å²) in [6.45, 7) is 4.32. The van der Waals surface area contributed by atoms with Crippen LogP contribution in [0.4, 0.5) is 0 Å². The maximum atomic E-state index is 12.5. The molecule has 0 fully saturated rings. The normalized spacial score (nSPS) is 12.8. The Labute approximate surface area is 186 Å². The molecule has 0 spiro atoms. The van der Waals surface area contributed by atoms with Crippen molar-refractivity contribution in [1.82, 2.24) is 9.47 Å². The number of unbranched alkanes of at least 4 members (excludes halogenated alkanes) is 1. The molecule has 0 saturated heterocycles. The number of allylic oxidation sites excluding steroid dienone is 1. The van der Waals surface area contributed by atoms with Crippen LogP contribution >= 0.6 is 15.9 Å². The Balaban J connectivity index is 1.76. The van der Waals surface area contributed by atoms with Crippen molar-refractivity contribution < 1.29 is 9.90 Å². The number of hydrogen-bond acceptors (Lipinski definition) is 3. The Morgan fingerprint density at radius 3 is 2.67 bits per heavy atom. The van der Waals surface area contributed by atoms with Crippen molar-refractivity contribution in [2.45, 2.75) is 32.4 Å². The number of hydrogen-bond donors (Lipinski definition) is 1. The van der Waals surface area contributed by atoms with E-state index in [0.717, 1.165) is 40.3 Å². The van der Waals surface area contributed by atoms with Gasteiger partial charge in [-0.05, 0) is 62.5 Å². The first-order valence-corrected chi connectivity index (χ1v) is 11.2. The van der Waals surface area contributed by atoms with Crippen LogP contribution in [-0.4, -0.2) is 46.6 Å². The standard InChI is InChI=1S/C25H29BrN2O2/c1-3-4-15-27(2)17-22(29)18-28-16-20(23-7-5-6-8-24(23)28)11-14-25(30)19-9-12-21(26)13-10-19/h5-14,16,22,29H,3-4,15,17-18H2,1-2H3/b14-11-/t22-/m0/s1. The zero-order valence-corrected chi connectivity index (χ0v) is 19.2. The fourth-order valence-electron chi connectivity index (χ4n) is 3.60. The van der Waals surface area contributed by atoms with Gasteiger partial charge in [-0.25, -0.2) is 0 Å². The summed E-state index contributed by atoms with van der Waals surface area (Å²) in [4.78, 5) is 14.7. The van der Waals surface area contributed by atoms with Crippen molar-refractivity contribution in [3.05, 3.63) is 76.4 Å². The van der Waals surface area contributed by atoms with Crippen LogP contribution in [0.3, 0.4) is 0 Å². The molecule has 30 heavy (non-hydrogen) atoms.